The first-order chi connectivity index (χ1) is 14.3. The van der Waals surface area contributed by atoms with Gasteiger partial charge in [-0.2, -0.15) is 0 Å². The number of aliphatic hydroxyl groups excluding tert-OH is 1. The van der Waals surface area contributed by atoms with E-state index < -0.39 is 9.84 Å². The Morgan fingerprint density at radius 1 is 1.10 bits per heavy atom. The van der Waals surface area contributed by atoms with Crippen molar-refractivity contribution in [1.82, 2.24) is 0 Å². The summed E-state index contributed by atoms with van der Waals surface area (Å²) in [5, 5.41) is 10.5. The first-order valence-electron chi connectivity index (χ1n) is 11.0. The van der Waals surface area contributed by atoms with Crippen LogP contribution in [0.2, 0.25) is 0 Å². The molecule has 0 aliphatic rings. The van der Waals surface area contributed by atoms with Crippen LogP contribution in [0.1, 0.15) is 74.8 Å². The van der Waals surface area contributed by atoms with Gasteiger partial charge in [0.25, 0.3) is 0 Å². The molecule has 1 aromatic heterocycles. The van der Waals surface area contributed by atoms with Crippen molar-refractivity contribution in [2.45, 2.75) is 78.7 Å². The highest BCUT2D eigenvalue weighted by atomic mass is 32.2. The number of rotatable bonds is 10. The van der Waals surface area contributed by atoms with Gasteiger partial charge in [-0.05, 0) is 67.3 Å². The summed E-state index contributed by atoms with van der Waals surface area (Å²) >= 11 is 1.86. The van der Waals surface area contributed by atoms with Crippen molar-refractivity contribution in [1.29, 1.82) is 0 Å². The molecule has 1 aromatic carbocycles. The van der Waals surface area contributed by atoms with Crippen LogP contribution in [0, 0.1) is 12.3 Å². The minimum Gasteiger partial charge on any atom is -0.478 e. The molecule has 1 atom stereocenters. The molecule has 2 aromatic rings. The van der Waals surface area contributed by atoms with Crippen LogP contribution in [0.25, 0.3) is 0 Å². The minimum absolute atomic E-state index is 0.0916. The molecule has 31 heavy (non-hydrogen) atoms. The fourth-order valence-electron chi connectivity index (χ4n) is 3.90. The van der Waals surface area contributed by atoms with Crippen LogP contribution in [0.5, 0.6) is 5.75 Å². The maximum Gasteiger partial charge on any atom is 0.188 e. The quantitative estimate of drug-likeness (QED) is 0.475. The van der Waals surface area contributed by atoms with Gasteiger partial charge in [-0.15, -0.1) is 11.3 Å². The molecule has 0 fully saturated rings. The van der Waals surface area contributed by atoms with Gasteiger partial charge in [0.1, 0.15) is 5.75 Å². The largest absolute Gasteiger partial charge is 0.478 e. The average molecular weight is 467 g/mol. The van der Waals surface area contributed by atoms with Gasteiger partial charge >= 0.3 is 0 Å². The third kappa shape index (κ3) is 6.56. The summed E-state index contributed by atoms with van der Waals surface area (Å²) in [5.74, 6) is 0.252. The van der Waals surface area contributed by atoms with Gasteiger partial charge in [-0.3, -0.25) is 0 Å². The van der Waals surface area contributed by atoms with Crippen LogP contribution in [0.3, 0.4) is 0 Å². The lowest BCUT2D eigenvalue weighted by Crippen LogP contribution is -2.26. The molecular weight excluding hydrogens is 428 g/mol. The number of aryl methyl sites for hydroxylation is 2. The van der Waals surface area contributed by atoms with Crippen LogP contribution >= 0.6 is 11.3 Å². The number of hydrogen-bond acceptors (Lipinski definition) is 5. The van der Waals surface area contributed by atoms with E-state index in [2.05, 4.69) is 59.7 Å². The Labute approximate surface area is 192 Å². The fourth-order valence-corrected chi connectivity index (χ4v) is 5.79. The van der Waals surface area contributed by atoms with Gasteiger partial charge in [0.15, 0.2) is 15.8 Å². The summed E-state index contributed by atoms with van der Waals surface area (Å²) in [6.07, 6.45) is 4.43. The molecule has 0 amide bonds. The van der Waals surface area contributed by atoms with Crippen molar-refractivity contribution in [2.24, 2.45) is 5.41 Å². The topological polar surface area (TPSA) is 63.6 Å². The van der Waals surface area contributed by atoms with Gasteiger partial charge in [0.2, 0.25) is 0 Å². The van der Waals surface area contributed by atoms with Gasteiger partial charge in [0.05, 0.1) is 6.10 Å². The standard InChI is InChI=1S/C25H38O4S2/c1-8-25(9-2,19-10-12-20(13-11-19)29-17-31(7,27)28)23-16-18(3)21(30-23)14-15-22(26)24(4,5)6/h10-13,16,22,26H,8-9,14-15,17H2,1-7H3/t22-/m1/s1. The van der Waals surface area contributed by atoms with Gasteiger partial charge in [-0.25, -0.2) is 8.42 Å². The molecule has 0 aliphatic heterocycles. The second-order valence-corrected chi connectivity index (χ2v) is 12.9. The average Bonchev–Trinajstić information content (AvgIpc) is 3.06. The number of sulfone groups is 1. The molecule has 1 heterocycles. The van der Waals surface area contributed by atoms with Crippen molar-refractivity contribution in [3.63, 3.8) is 0 Å². The van der Waals surface area contributed by atoms with Crippen LogP contribution in [0.4, 0.5) is 0 Å². The zero-order valence-electron chi connectivity index (χ0n) is 20.0. The molecule has 0 unspecified atom stereocenters. The van der Waals surface area contributed by atoms with Crippen LogP contribution in [0.15, 0.2) is 30.3 Å². The first-order valence-corrected chi connectivity index (χ1v) is 13.9. The van der Waals surface area contributed by atoms with Crippen molar-refractivity contribution in [3.8, 4) is 5.75 Å². The van der Waals surface area contributed by atoms with Crippen LogP contribution < -0.4 is 4.74 Å². The Kier molecular flexibility index (Phi) is 8.39. The van der Waals surface area contributed by atoms with Gasteiger partial charge in [-0.1, -0.05) is 46.8 Å². The monoisotopic (exact) mass is 466 g/mol. The molecule has 0 spiro atoms. The molecule has 174 valence electrons. The number of thiophene rings is 1. The molecule has 6 heteroatoms. The summed E-state index contributed by atoms with van der Waals surface area (Å²) in [7, 11) is -3.17. The Hall–Kier alpha value is -1.37. The summed E-state index contributed by atoms with van der Waals surface area (Å²) in [4.78, 5) is 2.69. The third-order valence-corrected chi connectivity index (χ3v) is 8.24. The highest BCUT2D eigenvalue weighted by Gasteiger charge is 2.33. The predicted octanol–water partition coefficient (Wildman–Crippen LogP) is 5.88. The maximum absolute atomic E-state index is 11.4. The van der Waals surface area contributed by atoms with E-state index in [0.717, 1.165) is 31.9 Å². The van der Waals surface area contributed by atoms with Crippen LogP contribution in [-0.2, 0) is 21.7 Å². The molecule has 0 radical (unpaired) electrons. The smallest absolute Gasteiger partial charge is 0.188 e. The second kappa shape index (κ2) is 10.1. The lowest BCUT2D eigenvalue weighted by molar-refractivity contribution is 0.0561. The van der Waals surface area contributed by atoms with E-state index >= 15 is 0 Å². The summed E-state index contributed by atoms with van der Waals surface area (Å²) in [5.41, 5.74) is 2.31. The first kappa shape index (κ1) is 25.9. The molecule has 0 saturated carbocycles. The Morgan fingerprint density at radius 3 is 2.16 bits per heavy atom. The van der Waals surface area contributed by atoms with E-state index in [9.17, 15) is 13.5 Å². The van der Waals surface area contributed by atoms with Crippen LogP contribution in [-0.4, -0.2) is 31.8 Å². The maximum atomic E-state index is 11.4. The summed E-state index contributed by atoms with van der Waals surface area (Å²) < 4.78 is 28.1. The van der Waals surface area contributed by atoms with Gasteiger partial charge < -0.3 is 9.84 Å². The normalized spacial score (nSPS) is 13.9. The van der Waals surface area contributed by atoms with Crippen molar-refractivity contribution >= 4 is 21.2 Å². The van der Waals surface area contributed by atoms with E-state index in [-0.39, 0.29) is 22.9 Å². The predicted molar refractivity (Wildman–Crippen MR) is 131 cm³/mol. The fraction of sp³-hybridized carbons (Fsp3) is 0.600. The van der Waals surface area contributed by atoms with E-state index in [1.54, 1.807) is 0 Å². The minimum atomic E-state index is -3.17. The van der Waals surface area contributed by atoms with E-state index in [1.165, 1.54) is 20.9 Å². The molecule has 2 rings (SSSR count). The SMILES string of the molecule is CCC(CC)(c1ccc(OCS(C)(=O)=O)cc1)c1cc(C)c(CC[C@@H](O)C(C)(C)C)s1. The Balaban J connectivity index is 2.28. The third-order valence-electron chi connectivity index (χ3n) is 6.19. The molecule has 0 saturated heterocycles. The zero-order chi connectivity index (χ0) is 23.4. The highest BCUT2D eigenvalue weighted by Crippen LogP contribution is 2.44. The number of aliphatic hydroxyl groups is 1. The number of ether oxygens (including phenoxy) is 1. The lowest BCUT2D eigenvalue weighted by atomic mass is 9.74. The Morgan fingerprint density at radius 2 is 1.68 bits per heavy atom. The molecule has 0 aliphatic carbocycles. The Bertz CT molecular complexity index is 946. The number of hydrogen-bond donors (Lipinski definition) is 1. The molecule has 0 bridgehead atoms. The summed E-state index contributed by atoms with van der Waals surface area (Å²) in [6, 6.07) is 10.2. The molecule has 4 nitrogen and oxygen atoms in total. The van der Waals surface area contributed by atoms with E-state index in [0.29, 0.717) is 5.75 Å². The van der Waals surface area contributed by atoms with Crippen molar-refractivity contribution < 1.29 is 18.3 Å². The molecule has 1 N–H and O–H groups in total. The zero-order valence-corrected chi connectivity index (χ0v) is 21.6. The van der Waals surface area contributed by atoms with Crippen molar-refractivity contribution in [3.05, 3.63) is 51.2 Å². The highest BCUT2D eigenvalue weighted by molar-refractivity contribution is 7.90. The van der Waals surface area contributed by atoms with E-state index in [1.807, 2.05) is 23.5 Å². The number of benzene rings is 1. The summed E-state index contributed by atoms with van der Waals surface area (Å²) in [6.45, 7) is 12.8. The van der Waals surface area contributed by atoms with E-state index in [4.69, 9.17) is 4.74 Å². The lowest BCUT2D eigenvalue weighted by Gasteiger charge is -2.31. The second-order valence-electron chi connectivity index (χ2n) is 9.64. The van der Waals surface area contributed by atoms with Crippen molar-refractivity contribution in [2.75, 3.05) is 12.2 Å². The molecular formula is C25H38O4S2. The van der Waals surface area contributed by atoms with Gasteiger partial charge in [0, 0.05) is 21.4 Å².